The number of hydrogen-bond acceptors (Lipinski definition) is 4. The summed E-state index contributed by atoms with van der Waals surface area (Å²) in [5.41, 5.74) is 7.57. The van der Waals surface area contributed by atoms with Crippen molar-refractivity contribution in [1.82, 2.24) is 9.97 Å². The molecule has 4 nitrogen and oxygen atoms in total. The molecule has 0 spiro atoms. The molecule has 0 saturated carbocycles. The normalized spacial score (nSPS) is 10.6. The monoisotopic (exact) mass is 247 g/mol. The van der Waals surface area contributed by atoms with E-state index in [0.717, 1.165) is 0 Å². The molecule has 94 valence electrons. The minimum Gasteiger partial charge on any atom is -0.384 e. The average Bonchev–Trinajstić information content (AvgIpc) is 2.32. The van der Waals surface area contributed by atoms with E-state index in [2.05, 4.69) is 9.97 Å². The number of benzene rings is 1. The Hall–Kier alpha value is -2.01. The zero-order valence-corrected chi connectivity index (χ0v) is 10.3. The van der Waals surface area contributed by atoms with E-state index in [0.29, 0.717) is 28.5 Å². The summed E-state index contributed by atoms with van der Waals surface area (Å²) in [6, 6.07) is 6.49. The van der Waals surface area contributed by atoms with Crippen LogP contribution in [-0.2, 0) is 11.3 Å². The van der Waals surface area contributed by atoms with Crippen molar-refractivity contribution < 1.29 is 9.13 Å². The van der Waals surface area contributed by atoms with Gasteiger partial charge in [0.15, 0.2) is 5.82 Å². The summed E-state index contributed by atoms with van der Waals surface area (Å²) < 4.78 is 18.5. The van der Waals surface area contributed by atoms with Crippen molar-refractivity contribution in [3.8, 4) is 11.3 Å². The zero-order valence-electron chi connectivity index (χ0n) is 10.3. The Morgan fingerprint density at radius 3 is 2.83 bits per heavy atom. The summed E-state index contributed by atoms with van der Waals surface area (Å²) in [6.45, 7) is 1.98. The second kappa shape index (κ2) is 5.10. The number of aromatic nitrogens is 2. The van der Waals surface area contributed by atoms with Crippen LogP contribution in [0.25, 0.3) is 11.3 Å². The lowest BCUT2D eigenvalue weighted by Gasteiger charge is -2.08. The van der Waals surface area contributed by atoms with Gasteiger partial charge in [0.2, 0.25) is 0 Å². The second-order valence-electron chi connectivity index (χ2n) is 3.94. The molecule has 2 rings (SSSR count). The highest BCUT2D eigenvalue weighted by Crippen LogP contribution is 2.24. The number of methoxy groups -OCH3 is 1. The van der Waals surface area contributed by atoms with E-state index in [9.17, 15) is 4.39 Å². The molecule has 2 aromatic rings. The van der Waals surface area contributed by atoms with Crippen molar-refractivity contribution in [2.45, 2.75) is 13.5 Å². The fourth-order valence-corrected chi connectivity index (χ4v) is 1.73. The molecule has 0 aliphatic heterocycles. The van der Waals surface area contributed by atoms with Gasteiger partial charge in [-0.15, -0.1) is 0 Å². The minimum absolute atomic E-state index is 0.266. The van der Waals surface area contributed by atoms with Crippen molar-refractivity contribution in [3.63, 3.8) is 0 Å². The molecule has 0 fully saturated rings. The first kappa shape index (κ1) is 12.4. The van der Waals surface area contributed by atoms with Crippen molar-refractivity contribution in [3.05, 3.63) is 41.5 Å². The molecule has 1 aromatic carbocycles. The van der Waals surface area contributed by atoms with Crippen LogP contribution in [0.5, 0.6) is 0 Å². The number of nitrogen functional groups attached to an aromatic ring is 1. The molecule has 0 bridgehead atoms. The molecule has 1 aromatic heterocycles. The van der Waals surface area contributed by atoms with E-state index < -0.39 is 0 Å². The summed E-state index contributed by atoms with van der Waals surface area (Å²) in [5.74, 6) is 0.560. The van der Waals surface area contributed by atoms with Crippen molar-refractivity contribution in [2.24, 2.45) is 0 Å². The predicted octanol–water partition coefficient (Wildman–Crippen LogP) is 2.32. The molecule has 0 atom stereocenters. The van der Waals surface area contributed by atoms with Crippen molar-refractivity contribution in [1.29, 1.82) is 0 Å². The molecule has 1 heterocycles. The van der Waals surface area contributed by atoms with Gasteiger partial charge in [0.25, 0.3) is 0 Å². The molecule has 5 heteroatoms. The number of ether oxygens (including phenoxy) is 1. The smallest absolute Gasteiger partial charge is 0.157 e. The van der Waals surface area contributed by atoms with Gasteiger partial charge >= 0.3 is 0 Å². The van der Waals surface area contributed by atoms with E-state index in [1.807, 2.05) is 0 Å². The number of nitrogens with zero attached hydrogens (tertiary/aromatic N) is 2. The van der Waals surface area contributed by atoms with Crippen LogP contribution in [0.4, 0.5) is 10.2 Å². The molecule has 0 saturated heterocycles. The highest BCUT2D eigenvalue weighted by atomic mass is 19.1. The molecular formula is C13H14FN3O. The Morgan fingerprint density at radius 2 is 2.11 bits per heavy atom. The van der Waals surface area contributed by atoms with Crippen LogP contribution >= 0.6 is 0 Å². The van der Waals surface area contributed by atoms with Crippen molar-refractivity contribution >= 4 is 5.82 Å². The number of rotatable bonds is 3. The first-order chi connectivity index (χ1) is 8.61. The maximum absolute atomic E-state index is 13.5. The van der Waals surface area contributed by atoms with Crippen LogP contribution in [-0.4, -0.2) is 17.1 Å². The fourth-order valence-electron chi connectivity index (χ4n) is 1.73. The minimum atomic E-state index is -0.266. The number of hydrogen-bond donors (Lipinski definition) is 1. The van der Waals surface area contributed by atoms with Gasteiger partial charge in [0.1, 0.15) is 18.2 Å². The fraction of sp³-hybridized carbons (Fsp3) is 0.231. The lowest BCUT2D eigenvalue weighted by atomic mass is 10.0. The number of nitrogens with two attached hydrogens (primary N) is 1. The van der Waals surface area contributed by atoms with Gasteiger partial charge in [-0.25, -0.2) is 14.4 Å². The third kappa shape index (κ3) is 2.46. The van der Waals surface area contributed by atoms with E-state index in [-0.39, 0.29) is 12.4 Å². The summed E-state index contributed by atoms with van der Waals surface area (Å²) in [7, 11) is 1.56. The maximum atomic E-state index is 13.5. The van der Waals surface area contributed by atoms with E-state index in [1.54, 1.807) is 32.2 Å². The van der Waals surface area contributed by atoms with Gasteiger partial charge in [-0.1, -0.05) is 12.1 Å². The highest BCUT2D eigenvalue weighted by Gasteiger charge is 2.09. The predicted molar refractivity (Wildman–Crippen MR) is 67.3 cm³/mol. The molecule has 0 radical (unpaired) electrons. The molecule has 0 aliphatic carbocycles. The summed E-state index contributed by atoms with van der Waals surface area (Å²) in [6.07, 6.45) is 0. The SMILES string of the molecule is COCc1nc(N)cc(-c2cccc(F)c2C)n1. The van der Waals surface area contributed by atoms with Crippen LogP contribution in [0, 0.1) is 12.7 Å². The van der Waals surface area contributed by atoms with Gasteiger partial charge in [0.05, 0.1) is 5.69 Å². The third-order valence-corrected chi connectivity index (χ3v) is 2.61. The molecular weight excluding hydrogens is 233 g/mol. The zero-order chi connectivity index (χ0) is 13.1. The highest BCUT2D eigenvalue weighted by molar-refractivity contribution is 5.65. The number of halogens is 1. The summed E-state index contributed by atoms with van der Waals surface area (Å²) in [4.78, 5) is 8.36. The van der Waals surface area contributed by atoms with Crippen molar-refractivity contribution in [2.75, 3.05) is 12.8 Å². The topological polar surface area (TPSA) is 61.0 Å². The van der Waals surface area contributed by atoms with Crippen LogP contribution in [0.15, 0.2) is 24.3 Å². The Bertz CT molecular complexity index is 572. The average molecular weight is 247 g/mol. The van der Waals surface area contributed by atoms with Crippen LogP contribution < -0.4 is 5.73 Å². The first-order valence-electron chi connectivity index (χ1n) is 5.49. The summed E-state index contributed by atoms with van der Waals surface area (Å²) in [5, 5.41) is 0. The number of anilines is 1. The molecule has 2 N–H and O–H groups in total. The first-order valence-corrected chi connectivity index (χ1v) is 5.49. The molecule has 0 amide bonds. The molecule has 0 unspecified atom stereocenters. The Kier molecular flexibility index (Phi) is 3.53. The lowest BCUT2D eigenvalue weighted by Crippen LogP contribution is -2.03. The quantitative estimate of drug-likeness (QED) is 0.904. The Labute approximate surface area is 105 Å². The lowest BCUT2D eigenvalue weighted by molar-refractivity contribution is 0.178. The Morgan fingerprint density at radius 1 is 1.33 bits per heavy atom. The molecule has 0 aliphatic rings. The van der Waals surface area contributed by atoms with Gasteiger partial charge < -0.3 is 10.5 Å². The Balaban J connectivity index is 2.53. The van der Waals surface area contributed by atoms with Crippen LogP contribution in [0.1, 0.15) is 11.4 Å². The largest absolute Gasteiger partial charge is 0.384 e. The third-order valence-electron chi connectivity index (χ3n) is 2.61. The van der Waals surface area contributed by atoms with Crippen LogP contribution in [0.3, 0.4) is 0 Å². The van der Waals surface area contributed by atoms with Gasteiger partial charge in [-0.05, 0) is 18.6 Å². The summed E-state index contributed by atoms with van der Waals surface area (Å²) >= 11 is 0. The second-order valence-corrected chi connectivity index (χ2v) is 3.94. The van der Waals surface area contributed by atoms with Gasteiger partial charge in [0, 0.05) is 18.7 Å². The van der Waals surface area contributed by atoms with Gasteiger partial charge in [-0.3, -0.25) is 0 Å². The van der Waals surface area contributed by atoms with Gasteiger partial charge in [-0.2, -0.15) is 0 Å². The van der Waals surface area contributed by atoms with Crippen LogP contribution in [0.2, 0.25) is 0 Å². The maximum Gasteiger partial charge on any atom is 0.157 e. The van der Waals surface area contributed by atoms with E-state index >= 15 is 0 Å². The standard InChI is InChI=1S/C13H14FN3O/c1-8-9(4-3-5-10(8)14)11-6-12(15)17-13(16-11)7-18-2/h3-6H,7H2,1-2H3,(H2,15,16,17). The van der Waals surface area contributed by atoms with E-state index in [4.69, 9.17) is 10.5 Å². The molecule has 18 heavy (non-hydrogen) atoms. The van der Waals surface area contributed by atoms with E-state index in [1.165, 1.54) is 6.07 Å².